The van der Waals surface area contributed by atoms with Crippen LogP contribution in [0.2, 0.25) is 0 Å². The summed E-state index contributed by atoms with van der Waals surface area (Å²) >= 11 is 0. The maximum Gasteiger partial charge on any atom is 0.162 e. The molecule has 1 aromatic heterocycles. The minimum Gasteiger partial charge on any atom is -0.497 e. The molecule has 164 valence electrons. The third-order valence-electron chi connectivity index (χ3n) is 6.05. The lowest BCUT2D eigenvalue weighted by Gasteiger charge is -2.13. The minimum atomic E-state index is 0.669. The van der Waals surface area contributed by atoms with Crippen LogP contribution in [-0.2, 0) is 6.54 Å². The van der Waals surface area contributed by atoms with Gasteiger partial charge in [-0.2, -0.15) is 0 Å². The highest BCUT2D eigenvalue weighted by Crippen LogP contribution is 2.31. The highest BCUT2D eigenvalue weighted by Gasteiger charge is 2.13. The Kier molecular flexibility index (Phi) is 5.00. The molecular weight excluding hydrogens is 420 g/mol. The van der Waals surface area contributed by atoms with Crippen LogP contribution >= 0.6 is 0 Å². The Labute approximate surface area is 197 Å². The molecule has 0 saturated heterocycles. The highest BCUT2D eigenvalue weighted by atomic mass is 16.5. The quantitative estimate of drug-likeness (QED) is 0.331. The normalized spacial score (nSPS) is 12.0. The van der Waals surface area contributed by atoms with Crippen LogP contribution in [0.1, 0.15) is 11.1 Å². The van der Waals surface area contributed by atoms with E-state index < -0.39 is 0 Å². The summed E-state index contributed by atoms with van der Waals surface area (Å²) in [7, 11) is 1.66. The minimum absolute atomic E-state index is 0.669. The van der Waals surface area contributed by atoms with E-state index in [0.717, 1.165) is 51.4 Å². The standard InChI is InChI=1S/C29H22N4O/c1-34-25-13-14-27-26(16-25)29(31-24-12-11-22-17-30-18-23(22)15-24)33-28(32-27)21-9-7-20(8-10-21)19-5-3-2-4-6-19/h2-16,18H,17H2,1H3,(H,31,32,33). The molecule has 1 N–H and O–H groups in total. The van der Waals surface area contributed by atoms with Crippen molar-refractivity contribution < 1.29 is 4.74 Å². The van der Waals surface area contributed by atoms with Crippen LogP contribution in [0.15, 0.2) is 96.0 Å². The van der Waals surface area contributed by atoms with Gasteiger partial charge in [-0.3, -0.25) is 4.99 Å². The summed E-state index contributed by atoms with van der Waals surface area (Å²) in [6.07, 6.45) is 1.92. The number of benzene rings is 4. The average molecular weight is 443 g/mol. The Bertz CT molecular complexity index is 1530. The molecule has 0 unspecified atom stereocenters. The summed E-state index contributed by atoms with van der Waals surface area (Å²) < 4.78 is 5.46. The lowest BCUT2D eigenvalue weighted by atomic mass is 10.0. The molecule has 2 heterocycles. The second kappa shape index (κ2) is 8.45. The van der Waals surface area contributed by atoms with E-state index >= 15 is 0 Å². The van der Waals surface area contributed by atoms with E-state index in [-0.39, 0.29) is 0 Å². The molecule has 4 aromatic carbocycles. The zero-order valence-corrected chi connectivity index (χ0v) is 18.7. The number of methoxy groups -OCH3 is 1. The first-order valence-corrected chi connectivity index (χ1v) is 11.2. The summed E-state index contributed by atoms with van der Waals surface area (Å²) in [5.74, 6) is 2.17. The van der Waals surface area contributed by atoms with E-state index in [4.69, 9.17) is 14.7 Å². The SMILES string of the molecule is COc1ccc2nc(-c3ccc(-c4ccccc4)cc3)nc(Nc3ccc4c(c3)C=NC4)c2c1. The average Bonchev–Trinajstić information content (AvgIpc) is 3.37. The molecule has 5 heteroatoms. The molecule has 5 nitrogen and oxygen atoms in total. The Morgan fingerprint density at radius 2 is 1.56 bits per heavy atom. The van der Waals surface area contributed by atoms with Gasteiger partial charge >= 0.3 is 0 Å². The number of anilines is 2. The summed E-state index contributed by atoms with van der Waals surface area (Å²) in [6.45, 7) is 0.742. The van der Waals surface area contributed by atoms with E-state index in [0.29, 0.717) is 5.82 Å². The fourth-order valence-corrected chi connectivity index (χ4v) is 4.22. The van der Waals surface area contributed by atoms with Crippen molar-refractivity contribution in [1.29, 1.82) is 0 Å². The largest absolute Gasteiger partial charge is 0.497 e. The fraction of sp³-hybridized carbons (Fsp3) is 0.0690. The van der Waals surface area contributed by atoms with E-state index in [1.807, 2.05) is 42.6 Å². The molecule has 0 radical (unpaired) electrons. The lowest BCUT2D eigenvalue weighted by Crippen LogP contribution is -2.00. The second-order valence-corrected chi connectivity index (χ2v) is 8.23. The number of hydrogen-bond donors (Lipinski definition) is 1. The van der Waals surface area contributed by atoms with Crippen molar-refractivity contribution in [3.63, 3.8) is 0 Å². The fourth-order valence-electron chi connectivity index (χ4n) is 4.22. The van der Waals surface area contributed by atoms with Gasteiger partial charge in [0.05, 0.1) is 19.2 Å². The van der Waals surface area contributed by atoms with Crippen molar-refractivity contribution >= 4 is 28.6 Å². The van der Waals surface area contributed by atoms with Gasteiger partial charge < -0.3 is 10.1 Å². The maximum absolute atomic E-state index is 5.46. The smallest absolute Gasteiger partial charge is 0.162 e. The van der Waals surface area contributed by atoms with Gasteiger partial charge in [0, 0.05) is 22.9 Å². The molecule has 0 fully saturated rings. The maximum atomic E-state index is 5.46. The second-order valence-electron chi connectivity index (χ2n) is 8.23. The molecule has 0 aliphatic carbocycles. The van der Waals surface area contributed by atoms with Crippen molar-refractivity contribution in [3.8, 4) is 28.3 Å². The number of rotatable bonds is 5. The van der Waals surface area contributed by atoms with Gasteiger partial charge in [0.25, 0.3) is 0 Å². The summed E-state index contributed by atoms with van der Waals surface area (Å²) in [6, 6.07) is 30.8. The molecular formula is C29H22N4O. The van der Waals surface area contributed by atoms with Gasteiger partial charge in [-0.25, -0.2) is 9.97 Å². The van der Waals surface area contributed by atoms with Gasteiger partial charge in [0.2, 0.25) is 0 Å². The number of hydrogen-bond acceptors (Lipinski definition) is 5. The molecule has 5 aromatic rings. The predicted molar refractivity (Wildman–Crippen MR) is 138 cm³/mol. The first-order chi connectivity index (χ1) is 16.8. The van der Waals surface area contributed by atoms with Gasteiger partial charge in [-0.05, 0) is 52.6 Å². The number of fused-ring (bicyclic) bond motifs is 2. The Hall–Kier alpha value is -4.51. The third kappa shape index (κ3) is 3.77. The van der Waals surface area contributed by atoms with Gasteiger partial charge in [0.1, 0.15) is 11.6 Å². The number of nitrogens with one attached hydrogen (secondary N) is 1. The summed E-state index contributed by atoms with van der Waals surface area (Å²) in [5.41, 5.74) is 7.48. The van der Waals surface area contributed by atoms with E-state index in [1.54, 1.807) is 7.11 Å². The number of ether oxygens (including phenoxy) is 1. The first kappa shape index (κ1) is 20.1. The molecule has 0 spiro atoms. The van der Waals surface area contributed by atoms with Gasteiger partial charge in [-0.15, -0.1) is 0 Å². The molecule has 0 atom stereocenters. The molecule has 0 saturated carbocycles. The van der Waals surface area contributed by atoms with Gasteiger partial charge in [0.15, 0.2) is 5.82 Å². The summed E-state index contributed by atoms with van der Waals surface area (Å²) in [4.78, 5) is 14.1. The van der Waals surface area contributed by atoms with E-state index in [1.165, 1.54) is 11.1 Å². The van der Waals surface area contributed by atoms with Crippen LogP contribution in [0.25, 0.3) is 33.4 Å². The van der Waals surface area contributed by atoms with Crippen LogP contribution in [0.4, 0.5) is 11.5 Å². The van der Waals surface area contributed by atoms with Crippen LogP contribution in [0, 0.1) is 0 Å². The van der Waals surface area contributed by atoms with E-state index in [2.05, 4.69) is 64.9 Å². The zero-order valence-electron chi connectivity index (χ0n) is 18.7. The molecule has 1 aliphatic heterocycles. The third-order valence-corrected chi connectivity index (χ3v) is 6.05. The van der Waals surface area contributed by atoms with Crippen LogP contribution in [-0.4, -0.2) is 23.3 Å². The Balaban J connectivity index is 1.42. The van der Waals surface area contributed by atoms with Crippen molar-refractivity contribution in [2.75, 3.05) is 12.4 Å². The molecule has 0 amide bonds. The van der Waals surface area contributed by atoms with Crippen molar-refractivity contribution in [2.45, 2.75) is 6.54 Å². The number of nitrogens with zero attached hydrogens (tertiary/aromatic N) is 3. The number of aromatic nitrogens is 2. The molecule has 1 aliphatic rings. The molecule has 6 rings (SSSR count). The van der Waals surface area contributed by atoms with Crippen molar-refractivity contribution in [2.24, 2.45) is 4.99 Å². The predicted octanol–water partition coefficient (Wildman–Crippen LogP) is 6.65. The summed E-state index contributed by atoms with van der Waals surface area (Å²) in [5, 5.41) is 4.41. The number of aliphatic imine (C=N–C) groups is 1. The van der Waals surface area contributed by atoms with Crippen molar-refractivity contribution in [1.82, 2.24) is 9.97 Å². The van der Waals surface area contributed by atoms with Crippen molar-refractivity contribution in [3.05, 3.63) is 102 Å². The first-order valence-electron chi connectivity index (χ1n) is 11.2. The topological polar surface area (TPSA) is 59.4 Å². The highest BCUT2D eigenvalue weighted by molar-refractivity contribution is 5.94. The van der Waals surface area contributed by atoms with E-state index in [9.17, 15) is 0 Å². The Morgan fingerprint density at radius 1 is 0.765 bits per heavy atom. The zero-order chi connectivity index (χ0) is 22.9. The lowest BCUT2D eigenvalue weighted by molar-refractivity contribution is 0.415. The van der Waals surface area contributed by atoms with Gasteiger partial charge in [-0.1, -0.05) is 60.7 Å². The molecule has 0 bridgehead atoms. The van der Waals surface area contributed by atoms with Crippen LogP contribution < -0.4 is 10.1 Å². The van der Waals surface area contributed by atoms with Crippen LogP contribution in [0.3, 0.4) is 0 Å². The molecule has 34 heavy (non-hydrogen) atoms. The van der Waals surface area contributed by atoms with Crippen LogP contribution in [0.5, 0.6) is 5.75 Å². The Morgan fingerprint density at radius 3 is 2.38 bits per heavy atom. The monoisotopic (exact) mass is 442 g/mol.